The molecule has 2 aromatic rings. The van der Waals surface area contributed by atoms with Crippen molar-refractivity contribution in [2.75, 3.05) is 26.6 Å². The molecule has 0 spiro atoms. The van der Waals surface area contributed by atoms with Crippen molar-refractivity contribution in [3.05, 3.63) is 42.0 Å². The Morgan fingerprint density at radius 2 is 1.86 bits per heavy atom. The molecule has 152 valence electrons. The van der Waals surface area contributed by atoms with Gasteiger partial charge in [0.15, 0.2) is 11.5 Å². The summed E-state index contributed by atoms with van der Waals surface area (Å²) >= 11 is 1.37. The van der Waals surface area contributed by atoms with Crippen LogP contribution in [0.15, 0.2) is 46.4 Å². The normalized spacial score (nSPS) is 15.4. The van der Waals surface area contributed by atoms with Crippen LogP contribution in [-0.2, 0) is 9.59 Å². The van der Waals surface area contributed by atoms with Crippen molar-refractivity contribution in [1.29, 1.82) is 0 Å². The zero-order valence-electron chi connectivity index (χ0n) is 16.2. The Balaban J connectivity index is 1.62. The van der Waals surface area contributed by atoms with Gasteiger partial charge in [0.05, 0.1) is 38.5 Å². The number of carbonyl (C=O) groups is 2. The molecule has 0 aliphatic carbocycles. The predicted molar refractivity (Wildman–Crippen MR) is 111 cm³/mol. The number of thioether (sulfide) groups is 1. The van der Waals surface area contributed by atoms with Crippen LogP contribution in [0.3, 0.4) is 0 Å². The maximum absolute atomic E-state index is 12.2. The molecule has 29 heavy (non-hydrogen) atoms. The van der Waals surface area contributed by atoms with Crippen LogP contribution in [0.25, 0.3) is 0 Å². The Morgan fingerprint density at radius 1 is 1.17 bits per heavy atom. The van der Waals surface area contributed by atoms with E-state index in [4.69, 9.17) is 14.2 Å². The molecule has 0 radical (unpaired) electrons. The summed E-state index contributed by atoms with van der Waals surface area (Å²) in [6.45, 7) is 0. The largest absolute Gasteiger partial charge is 0.493 e. The fraction of sp³-hybridized carbons (Fsp3) is 0.250. The van der Waals surface area contributed by atoms with Crippen LogP contribution in [0.4, 0.5) is 5.69 Å². The number of amides is 2. The minimum Gasteiger partial charge on any atom is -0.493 e. The average molecular weight is 415 g/mol. The SMILES string of the molecule is COc1cc(C=NNC(=O)CC2Sc3ccccc3NC2=O)cc(OC)c1OC. The van der Waals surface area contributed by atoms with Gasteiger partial charge in [-0.25, -0.2) is 5.43 Å². The number of hydrogen-bond donors (Lipinski definition) is 2. The second kappa shape index (κ2) is 9.33. The fourth-order valence-electron chi connectivity index (χ4n) is 2.80. The number of para-hydroxylation sites is 1. The van der Waals surface area contributed by atoms with E-state index in [1.54, 1.807) is 12.1 Å². The molecule has 1 atom stereocenters. The first-order valence-corrected chi connectivity index (χ1v) is 9.62. The van der Waals surface area contributed by atoms with E-state index in [0.717, 1.165) is 10.6 Å². The maximum Gasteiger partial charge on any atom is 0.241 e. The van der Waals surface area contributed by atoms with Crippen LogP contribution in [-0.4, -0.2) is 44.6 Å². The Kier molecular flexibility index (Phi) is 6.61. The number of fused-ring (bicyclic) bond motifs is 1. The van der Waals surface area contributed by atoms with Crippen LogP contribution in [0.2, 0.25) is 0 Å². The highest BCUT2D eigenvalue weighted by atomic mass is 32.2. The van der Waals surface area contributed by atoms with Gasteiger partial charge in [-0.15, -0.1) is 11.8 Å². The summed E-state index contributed by atoms with van der Waals surface area (Å²) in [5.41, 5.74) is 3.87. The van der Waals surface area contributed by atoms with Gasteiger partial charge < -0.3 is 19.5 Å². The van der Waals surface area contributed by atoms with Gasteiger partial charge in [-0.1, -0.05) is 12.1 Å². The van der Waals surface area contributed by atoms with Gasteiger partial charge in [-0.05, 0) is 24.3 Å². The van der Waals surface area contributed by atoms with Crippen molar-refractivity contribution >= 4 is 35.5 Å². The highest BCUT2D eigenvalue weighted by Crippen LogP contribution is 2.38. The number of benzene rings is 2. The van der Waals surface area contributed by atoms with Gasteiger partial charge in [-0.3, -0.25) is 9.59 Å². The van der Waals surface area contributed by atoms with Crippen molar-refractivity contribution in [3.8, 4) is 17.2 Å². The molecular weight excluding hydrogens is 394 g/mol. The lowest BCUT2D eigenvalue weighted by molar-refractivity contribution is -0.124. The van der Waals surface area contributed by atoms with Crippen molar-refractivity contribution in [2.45, 2.75) is 16.6 Å². The van der Waals surface area contributed by atoms with E-state index in [0.29, 0.717) is 22.8 Å². The standard InChI is InChI=1S/C20H21N3O5S/c1-26-14-8-12(9-15(27-2)19(14)28-3)11-21-23-18(24)10-17-20(25)22-13-6-4-5-7-16(13)29-17/h4-9,11,17H,10H2,1-3H3,(H,22,25)(H,23,24). The summed E-state index contributed by atoms with van der Waals surface area (Å²) in [6.07, 6.45) is 1.48. The van der Waals surface area contributed by atoms with E-state index in [-0.39, 0.29) is 18.2 Å². The van der Waals surface area contributed by atoms with Crippen molar-refractivity contribution in [2.24, 2.45) is 5.10 Å². The van der Waals surface area contributed by atoms with Gasteiger partial charge in [0, 0.05) is 16.9 Å². The predicted octanol–water partition coefficient (Wildman–Crippen LogP) is 2.67. The number of methoxy groups -OCH3 is 3. The molecule has 3 rings (SSSR count). The van der Waals surface area contributed by atoms with E-state index in [2.05, 4.69) is 15.8 Å². The molecule has 8 nitrogen and oxygen atoms in total. The van der Waals surface area contributed by atoms with Crippen LogP contribution in [0.1, 0.15) is 12.0 Å². The Hall–Kier alpha value is -3.20. The first-order chi connectivity index (χ1) is 14.0. The number of nitrogens with one attached hydrogen (secondary N) is 2. The highest BCUT2D eigenvalue weighted by molar-refractivity contribution is 8.01. The molecule has 2 N–H and O–H groups in total. The lowest BCUT2D eigenvalue weighted by atomic mass is 10.2. The summed E-state index contributed by atoms with van der Waals surface area (Å²) in [7, 11) is 4.56. The van der Waals surface area contributed by atoms with E-state index >= 15 is 0 Å². The Bertz CT molecular complexity index is 922. The number of hydrazone groups is 1. The third kappa shape index (κ3) is 4.80. The van der Waals surface area contributed by atoms with Crippen LogP contribution >= 0.6 is 11.8 Å². The Labute approximate surface area is 172 Å². The quantitative estimate of drug-likeness (QED) is 0.533. The molecule has 1 aliphatic rings. The van der Waals surface area contributed by atoms with Crippen LogP contribution < -0.4 is 25.0 Å². The molecule has 0 bridgehead atoms. The van der Waals surface area contributed by atoms with Crippen molar-refractivity contribution in [1.82, 2.24) is 5.43 Å². The van der Waals surface area contributed by atoms with Gasteiger partial charge in [0.25, 0.3) is 0 Å². The molecule has 0 saturated carbocycles. The first-order valence-electron chi connectivity index (χ1n) is 8.74. The van der Waals surface area contributed by atoms with Gasteiger partial charge in [0.2, 0.25) is 17.6 Å². The minimum atomic E-state index is -0.513. The van der Waals surface area contributed by atoms with Gasteiger partial charge in [0.1, 0.15) is 0 Å². The summed E-state index contributed by atoms with van der Waals surface area (Å²) in [6, 6.07) is 10.9. The number of anilines is 1. The molecule has 1 unspecified atom stereocenters. The molecule has 2 amide bonds. The van der Waals surface area contributed by atoms with E-state index in [1.807, 2.05) is 24.3 Å². The number of nitrogens with zero attached hydrogens (tertiary/aromatic N) is 1. The number of rotatable bonds is 7. The average Bonchev–Trinajstić information content (AvgIpc) is 2.73. The zero-order chi connectivity index (χ0) is 20.8. The molecule has 0 fully saturated rings. The van der Waals surface area contributed by atoms with Crippen molar-refractivity contribution < 1.29 is 23.8 Å². The lowest BCUT2D eigenvalue weighted by Crippen LogP contribution is -2.33. The summed E-state index contributed by atoms with van der Waals surface area (Å²) in [5.74, 6) is 0.872. The van der Waals surface area contributed by atoms with E-state index < -0.39 is 5.25 Å². The van der Waals surface area contributed by atoms with Crippen LogP contribution in [0.5, 0.6) is 17.2 Å². The Morgan fingerprint density at radius 3 is 2.52 bits per heavy atom. The molecule has 1 aliphatic heterocycles. The monoisotopic (exact) mass is 415 g/mol. The minimum absolute atomic E-state index is 0.0113. The summed E-state index contributed by atoms with van der Waals surface area (Å²) in [5, 5.41) is 6.27. The second-order valence-corrected chi connectivity index (χ2v) is 7.29. The number of ether oxygens (including phenoxy) is 3. The fourth-order valence-corrected chi connectivity index (χ4v) is 3.91. The third-order valence-electron chi connectivity index (χ3n) is 4.17. The van der Waals surface area contributed by atoms with Crippen LogP contribution in [0, 0.1) is 0 Å². The van der Waals surface area contributed by atoms with Gasteiger partial charge in [-0.2, -0.15) is 5.10 Å². The zero-order valence-corrected chi connectivity index (χ0v) is 17.0. The summed E-state index contributed by atoms with van der Waals surface area (Å²) < 4.78 is 15.8. The first kappa shape index (κ1) is 20.5. The summed E-state index contributed by atoms with van der Waals surface area (Å²) in [4.78, 5) is 25.4. The highest BCUT2D eigenvalue weighted by Gasteiger charge is 2.28. The topological polar surface area (TPSA) is 98.2 Å². The van der Waals surface area contributed by atoms with Gasteiger partial charge >= 0.3 is 0 Å². The van der Waals surface area contributed by atoms with Crippen molar-refractivity contribution in [3.63, 3.8) is 0 Å². The van der Waals surface area contributed by atoms with E-state index in [1.165, 1.54) is 39.3 Å². The molecule has 1 heterocycles. The van der Waals surface area contributed by atoms with E-state index in [9.17, 15) is 9.59 Å². The smallest absolute Gasteiger partial charge is 0.241 e. The number of carbonyl (C=O) groups excluding carboxylic acids is 2. The second-order valence-electron chi connectivity index (χ2n) is 6.05. The lowest BCUT2D eigenvalue weighted by Gasteiger charge is -2.23. The maximum atomic E-state index is 12.2. The molecule has 2 aromatic carbocycles. The molecule has 0 aromatic heterocycles. The molecule has 0 saturated heterocycles. The number of hydrogen-bond acceptors (Lipinski definition) is 7. The third-order valence-corrected chi connectivity index (χ3v) is 5.44. The molecular formula is C20H21N3O5S. The molecule has 9 heteroatoms.